The van der Waals surface area contributed by atoms with Crippen molar-refractivity contribution in [2.24, 2.45) is 0 Å². The van der Waals surface area contributed by atoms with Crippen molar-refractivity contribution >= 4 is 38.5 Å². The summed E-state index contributed by atoms with van der Waals surface area (Å²) in [5, 5.41) is 9.40. The summed E-state index contributed by atoms with van der Waals surface area (Å²) in [6.07, 6.45) is 3.11. The minimum Gasteiger partial charge on any atom is -0.329 e. The van der Waals surface area contributed by atoms with Crippen LogP contribution in [0.1, 0.15) is 47.6 Å². The molecule has 0 aliphatic carbocycles. The quantitative estimate of drug-likeness (QED) is 0.518. The van der Waals surface area contributed by atoms with E-state index in [1.165, 1.54) is 4.70 Å². The Balaban J connectivity index is 1.49. The van der Waals surface area contributed by atoms with Gasteiger partial charge in [-0.2, -0.15) is 0 Å². The molecule has 28 heavy (non-hydrogen) atoms. The molecule has 0 N–H and O–H groups in total. The largest absolute Gasteiger partial charge is 0.329 e. The lowest BCUT2D eigenvalue weighted by Crippen LogP contribution is -2.38. The lowest BCUT2D eigenvalue weighted by molar-refractivity contribution is 0.0611. The molecule has 0 radical (unpaired) electrons. The van der Waals surface area contributed by atoms with Gasteiger partial charge in [0.05, 0.1) is 21.8 Å². The molecule has 1 aliphatic rings. The van der Waals surface area contributed by atoms with E-state index >= 15 is 0 Å². The van der Waals surface area contributed by atoms with Crippen molar-refractivity contribution in [2.75, 3.05) is 6.54 Å². The Kier molecular flexibility index (Phi) is 4.31. The van der Waals surface area contributed by atoms with Gasteiger partial charge in [0.1, 0.15) is 10.5 Å². The van der Waals surface area contributed by atoms with E-state index in [4.69, 9.17) is 4.98 Å². The van der Waals surface area contributed by atoms with Crippen LogP contribution < -0.4 is 0 Å². The molecule has 1 amide bonds. The van der Waals surface area contributed by atoms with Crippen LogP contribution in [0.3, 0.4) is 0 Å². The molecule has 0 spiro atoms. The first-order valence-electron chi connectivity index (χ1n) is 9.74. The zero-order valence-electron chi connectivity index (χ0n) is 15.7. The Morgan fingerprint density at radius 2 is 2.07 bits per heavy atom. The fraction of sp³-hybridized carbons (Fsp3) is 0.333. The average molecular weight is 392 g/mol. The molecule has 1 fully saturated rings. The summed E-state index contributed by atoms with van der Waals surface area (Å²) in [4.78, 5) is 20.2. The van der Waals surface area contributed by atoms with Crippen molar-refractivity contribution in [1.82, 2.24) is 24.9 Å². The van der Waals surface area contributed by atoms with Crippen molar-refractivity contribution in [3.63, 3.8) is 0 Å². The van der Waals surface area contributed by atoms with Crippen LogP contribution in [0.4, 0.5) is 0 Å². The maximum Gasteiger partial charge on any atom is 0.254 e. The molecule has 2 aromatic heterocycles. The number of thiazole rings is 1. The third-order valence-electron chi connectivity index (χ3n) is 5.42. The van der Waals surface area contributed by atoms with E-state index in [0.29, 0.717) is 5.56 Å². The smallest absolute Gasteiger partial charge is 0.254 e. The Morgan fingerprint density at radius 3 is 2.93 bits per heavy atom. The molecule has 7 heteroatoms. The number of carbonyl (C=O) groups excluding carboxylic acids is 1. The van der Waals surface area contributed by atoms with Crippen LogP contribution in [0.5, 0.6) is 0 Å². The molecule has 4 aromatic rings. The molecule has 3 heterocycles. The number of aromatic nitrogens is 4. The van der Waals surface area contributed by atoms with Gasteiger partial charge in [-0.25, -0.2) is 9.67 Å². The highest BCUT2D eigenvalue weighted by molar-refractivity contribution is 7.18. The zero-order valence-corrected chi connectivity index (χ0v) is 16.5. The molecule has 0 saturated carbocycles. The maximum absolute atomic E-state index is 13.4. The predicted octanol–water partition coefficient (Wildman–Crippen LogP) is 4.43. The standard InChI is InChI=1S/C21H21N5OS/c1-2-26-17-11-10-14(13-16(17)23-24-26)21(27)25-12-6-5-8-18(25)20-22-15-7-3-4-9-19(15)28-20/h3-4,7,9-11,13,18H,2,5-6,8,12H2,1H3/t18-/m0/s1. The van der Waals surface area contributed by atoms with Gasteiger partial charge in [0.15, 0.2) is 0 Å². The molecular weight excluding hydrogens is 370 g/mol. The van der Waals surface area contributed by atoms with Gasteiger partial charge in [0.25, 0.3) is 5.91 Å². The van der Waals surface area contributed by atoms with Crippen LogP contribution in [-0.4, -0.2) is 37.3 Å². The minimum atomic E-state index is 0.0423. The molecule has 1 saturated heterocycles. The van der Waals surface area contributed by atoms with Gasteiger partial charge < -0.3 is 4.90 Å². The number of rotatable bonds is 3. The van der Waals surface area contributed by atoms with Crippen molar-refractivity contribution in [2.45, 2.75) is 38.8 Å². The van der Waals surface area contributed by atoms with E-state index in [9.17, 15) is 4.79 Å². The molecule has 1 aliphatic heterocycles. The lowest BCUT2D eigenvalue weighted by atomic mass is 10.0. The summed E-state index contributed by atoms with van der Waals surface area (Å²) >= 11 is 1.70. The second kappa shape index (κ2) is 6.98. The van der Waals surface area contributed by atoms with Crippen molar-refractivity contribution in [3.8, 4) is 0 Å². The first-order chi connectivity index (χ1) is 13.7. The lowest BCUT2D eigenvalue weighted by Gasteiger charge is -2.34. The fourth-order valence-electron chi connectivity index (χ4n) is 3.97. The number of aryl methyl sites for hydroxylation is 1. The maximum atomic E-state index is 13.4. The molecule has 1 atom stereocenters. The summed E-state index contributed by atoms with van der Waals surface area (Å²) in [6.45, 7) is 3.55. The third kappa shape index (κ3) is 2.86. The molecule has 5 rings (SSSR count). The second-order valence-electron chi connectivity index (χ2n) is 7.14. The van der Waals surface area contributed by atoms with Crippen LogP contribution >= 0.6 is 11.3 Å². The van der Waals surface area contributed by atoms with Gasteiger partial charge in [0.2, 0.25) is 0 Å². The Hall–Kier alpha value is -2.80. The van der Waals surface area contributed by atoms with Gasteiger partial charge in [-0.15, -0.1) is 16.4 Å². The summed E-state index contributed by atoms with van der Waals surface area (Å²) in [7, 11) is 0. The van der Waals surface area contributed by atoms with Gasteiger partial charge >= 0.3 is 0 Å². The van der Waals surface area contributed by atoms with Crippen molar-refractivity contribution < 1.29 is 4.79 Å². The van der Waals surface area contributed by atoms with Crippen LogP contribution in [0.2, 0.25) is 0 Å². The summed E-state index contributed by atoms with van der Waals surface area (Å²) in [5.74, 6) is 0.0527. The number of amides is 1. The van der Waals surface area contributed by atoms with Gasteiger partial charge in [-0.05, 0) is 56.5 Å². The predicted molar refractivity (Wildman–Crippen MR) is 110 cm³/mol. The number of nitrogens with zero attached hydrogens (tertiary/aromatic N) is 5. The number of piperidine rings is 1. The van der Waals surface area contributed by atoms with E-state index in [-0.39, 0.29) is 11.9 Å². The van der Waals surface area contributed by atoms with Gasteiger partial charge in [0, 0.05) is 18.7 Å². The number of hydrogen-bond acceptors (Lipinski definition) is 5. The molecule has 2 aromatic carbocycles. The topological polar surface area (TPSA) is 63.9 Å². The Morgan fingerprint density at radius 1 is 1.18 bits per heavy atom. The molecular formula is C21H21N5OS. The molecule has 0 unspecified atom stereocenters. The van der Waals surface area contributed by atoms with Crippen LogP contribution in [0.15, 0.2) is 42.5 Å². The highest BCUT2D eigenvalue weighted by atomic mass is 32.1. The number of para-hydroxylation sites is 1. The van der Waals surface area contributed by atoms with Gasteiger partial charge in [-0.3, -0.25) is 4.79 Å². The van der Waals surface area contributed by atoms with Crippen LogP contribution in [-0.2, 0) is 6.54 Å². The number of benzene rings is 2. The highest BCUT2D eigenvalue weighted by Gasteiger charge is 2.31. The zero-order chi connectivity index (χ0) is 19.1. The summed E-state index contributed by atoms with van der Waals surface area (Å²) in [5.41, 5.74) is 3.41. The van der Waals surface area contributed by atoms with E-state index < -0.39 is 0 Å². The Labute approximate surface area is 166 Å². The van der Waals surface area contributed by atoms with E-state index in [2.05, 4.69) is 16.4 Å². The fourth-order valence-corrected chi connectivity index (χ4v) is 5.08. The van der Waals surface area contributed by atoms with E-state index in [1.54, 1.807) is 11.3 Å². The van der Waals surface area contributed by atoms with Crippen LogP contribution in [0, 0.1) is 0 Å². The first kappa shape index (κ1) is 17.3. The number of likely N-dealkylation sites (tertiary alicyclic amines) is 1. The summed E-state index contributed by atoms with van der Waals surface area (Å²) in [6, 6.07) is 13.9. The van der Waals surface area contributed by atoms with E-state index in [0.717, 1.165) is 53.9 Å². The normalized spacial score (nSPS) is 17.5. The monoisotopic (exact) mass is 391 g/mol. The summed E-state index contributed by atoms with van der Waals surface area (Å²) < 4.78 is 3.02. The first-order valence-corrected chi connectivity index (χ1v) is 10.6. The number of hydrogen-bond donors (Lipinski definition) is 0. The van der Waals surface area contributed by atoms with Crippen LogP contribution in [0.25, 0.3) is 21.3 Å². The van der Waals surface area contributed by atoms with Gasteiger partial charge in [-0.1, -0.05) is 17.3 Å². The SMILES string of the molecule is CCn1nnc2cc(C(=O)N3CCCC[C@H]3c3nc4ccccc4s3)ccc21. The number of fused-ring (bicyclic) bond motifs is 2. The molecule has 142 valence electrons. The minimum absolute atomic E-state index is 0.0423. The average Bonchev–Trinajstić information content (AvgIpc) is 3.36. The van der Waals surface area contributed by atoms with E-state index in [1.807, 2.05) is 52.9 Å². The highest BCUT2D eigenvalue weighted by Crippen LogP contribution is 2.36. The third-order valence-corrected chi connectivity index (χ3v) is 6.56. The Bertz CT molecular complexity index is 1130. The van der Waals surface area contributed by atoms with Crippen molar-refractivity contribution in [3.05, 3.63) is 53.0 Å². The van der Waals surface area contributed by atoms with Crippen molar-refractivity contribution in [1.29, 1.82) is 0 Å². The molecule has 0 bridgehead atoms. The number of carbonyl (C=O) groups is 1. The second-order valence-corrected chi connectivity index (χ2v) is 8.20. The molecule has 6 nitrogen and oxygen atoms in total.